The third-order valence-corrected chi connectivity index (χ3v) is 5.22. The lowest BCUT2D eigenvalue weighted by Gasteiger charge is -2.61. The molecular weight excluding hydrogens is 254 g/mol. The quantitative estimate of drug-likeness (QED) is 0.856. The molecule has 1 aliphatic rings. The molecule has 0 bridgehead atoms. The van der Waals surface area contributed by atoms with E-state index in [-0.39, 0.29) is 11.0 Å². The second-order valence-electron chi connectivity index (χ2n) is 6.70. The first-order chi connectivity index (χ1) is 9.30. The van der Waals surface area contributed by atoms with Gasteiger partial charge >= 0.3 is 0 Å². The highest BCUT2D eigenvalue weighted by Gasteiger charge is 2.58. The van der Waals surface area contributed by atoms with Gasteiger partial charge in [0.25, 0.3) is 0 Å². The summed E-state index contributed by atoms with van der Waals surface area (Å²) in [6.45, 7) is 7.82. The monoisotopic (exact) mass is 281 g/mol. The lowest BCUT2D eigenvalue weighted by Crippen LogP contribution is -2.68. The van der Waals surface area contributed by atoms with Gasteiger partial charge in [0.1, 0.15) is 0 Å². The first kappa shape index (κ1) is 15.5. The van der Waals surface area contributed by atoms with Crippen molar-refractivity contribution in [2.45, 2.75) is 51.5 Å². The van der Waals surface area contributed by atoms with Gasteiger partial charge in [0.05, 0.1) is 18.2 Å². The van der Waals surface area contributed by atoms with Crippen LogP contribution in [-0.4, -0.2) is 58.2 Å². The van der Waals surface area contributed by atoms with Crippen LogP contribution >= 0.6 is 0 Å². The standard InChI is InChI=1S/C15H27N3O2/c1-14(2)13(9-15(14,3)20-5)17(4)10-12(19)11-18-8-6-7-16-18/h6-8,12-13,19H,9-11H2,1-5H3. The van der Waals surface area contributed by atoms with Crippen LogP contribution in [0.3, 0.4) is 0 Å². The maximum absolute atomic E-state index is 10.2. The lowest BCUT2D eigenvalue weighted by molar-refractivity contribution is -0.208. The van der Waals surface area contributed by atoms with Gasteiger partial charge in [0, 0.05) is 37.5 Å². The topological polar surface area (TPSA) is 50.5 Å². The van der Waals surface area contributed by atoms with Crippen molar-refractivity contribution in [2.75, 3.05) is 20.7 Å². The molecular formula is C15H27N3O2. The van der Waals surface area contributed by atoms with E-state index in [1.165, 1.54) is 0 Å². The van der Waals surface area contributed by atoms with E-state index < -0.39 is 6.10 Å². The van der Waals surface area contributed by atoms with Gasteiger partial charge in [-0.05, 0) is 26.5 Å². The van der Waals surface area contributed by atoms with Crippen LogP contribution in [0.25, 0.3) is 0 Å². The molecule has 0 spiro atoms. The number of rotatable bonds is 6. The Morgan fingerprint density at radius 3 is 2.70 bits per heavy atom. The summed E-state index contributed by atoms with van der Waals surface area (Å²) in [4.78, 5) is 2.24. The Balaban J connectivity index is 1.88. The molecule has 2 rings (SSSR count). The van der Waals surface area contributed by atoms with E-state index in [2.05, 4.69) is 37.8 Å². The first-order valence-electron chi connectivity index (χ1n) is 7.21. The zero-order valence-electron chi connectivity index (χ0n) is 13.2. The highest BCUT2D eigenvalue weighted by atomic mass is 16.5. The zero-order chi connectivity index (χ0) is 15.0. The lowest BCUT2D eigenvalue weighted by atomic mass is 9.55. The molecule has 1 heterocycles. The predicted octanol–water partition coefficient (Wildman–Crippen LogP) is 1.38. The van der Waals surface area contributed by atoms with Gasteiger partial charge in [-0.25, -0.2) is 0 Å². The van der Waals surface area contributed by atoms with Gasteiger partial charge in [-0.15, -0.1) is 0 Å². The van der Waals surface area contributed by atoms with E-state index in [0.717, 1.165) is 6.42 Å². The average molecular weight is 281 g/mol. The summed E-state index contributed by atoms with van der Waals surface area (Å²) in [5, 5.41) is 14.3. The zero-order valence-corrected chi connectivity index (χ0v) is 13.2. The summed E-state index contributed by atoms with van der Waals surface area (Å²) in [6, 6.07) is 2.30. The van der Waals surface area contributed by atoms with Crippen LogP contribution in [0.15, 0.2) is 18.5 Å². The van der Waals surface area contributed by atoms with E-state index in [9.17, 15) is 5.11 Å². The van der Waals surface area contributed by atoms with E-state index >= 15 is 0 Å². The summed E-state index contributed by atoms with van der Waals surface area (Å²) in [5.41, 5.74) is 0.0147. The second-order valence-corrected chi connectivity index (χ2v) is 6.70. The fourth-order valence-corrected chi connectivity index (χ4v) is 3.30. The molecule has 0 radical (unpaired) electrons. The van der Waals surface area contributed by atoms with Crippen molar-refractivity contribution >= 4 is 0 Å². The Labute approximate surface area is 121 Å². The molecule has 0 amide bonds. The average Bonchev–Trinajstić information content (AvgIpc) is 2.87. The van der Waals surface area contributed by atoms with Crippen molar-refractivity contribution in [1.29, 1.82) is 0 Å². The molecule has 3 atom stereocenters. The summed E-state index contributed by atoms with van der Waals surface area (Å²) in [5.74, 6) is 0. The minimum atomic E-state index is -0.412. The number of aromatic nitrogens is 2. The molecule has 5 nitrogen and oxygen atoms in total. The van der Waals surface area contributed by atoms with Crippen LogP contribution in [0.2, 0.25) is 0 Å². The van der Waals surface area contributed by atoms with E-state index in [0.29, 0.717) is 19.1 Å². The molecule has 0 saturated heterocycles. The van der Waals surface area contributed by atoms with Crippen LogP contribution in [0.4, 0.5) is 0 Å². The Hall–Kier alpha value is -0.910. The Morgan fingerprint density at radius 2 is 2.20 bits per heavy atom. The third kappa shape index (κ3) is 2.62. The second kappa shape index (κ2) is 5.47. The molecule has 1 saturated carbocycles. The fraction of sp³-hybridized carbons (Fsp3) is 0.800. The number of ether oxygens (including phenoxy) is 1. The molecule has 5 heteroatoms. The first-order valence-corrected chi connectivity index (χ1v) is 7.21. The third-order valence-electron chi connectivity index (χ3n) is 5.22. The smallest absolute Gasteiger partial charge is 0.0862 e. The van der Waals surface area contributed by atoms with Crippen LogP contribution in [0.5, 0.6) is 0 Å². The molecule has 3 unspecified atom stereocenters. The molecule has 0 aliphatic heterocycles. The number of methoxy groups -OCH3 is 1. The van der Waals surface area contributed by atoms with Crippen molar-refractivity contribution < 1.29 is 9.84 Å². The molecule has 114 valence electrons. The maximum Gasteiger partial charge on any atom is 0.0862 e. The molecule has 20 heavy (non-hydrogen) atoms. The molecule has 1 aromatic rings. The van der Waals surface area contributed by atoms with Crippen LogP contribution in [-0.2, 0) is 11.3 Å². The number of aliphatic hydroxyl groups is 1. The van der Waals surface area contributed by atoms with E-state index in [1.54, 1.807) is 18.0 Å². The van der Waals surface area contributed by atoms with Crippen molar-refractivity contribution in [3.63, 3.8) is 0 Å². The molecule has 1 aromatic heterocycles. The van der Waals surface area contributed by atoms with E-state index in [4.69, 9.17) is 4.74 Å². The summed E-state index contributed by atoms with van der Waals surface area (Å²) >= 11 is 0. The van der Waals surface area contributed by atoms with Gasteiger partial charge in [-0.3, -0.25) is 4.68 Å². The van der Waals surface area contributed by atoms with Gasteiger partial charge in [-0.1, -0.05) is 13.8 Å². The van der Waals surface area contributed by atoms with Crippen LogP contribution in [0.1, 0.15) is 27.2 Å². The number of likely N-dealkylation sites (N-methyl/N-ethyl adjacent to an activating group) is 1. The summed E-state index contributed by atoms with van der Waals surface area (Å²) in [7, 11) is 3.86. The van der Waals surface area contributed by atoms with Gasteiger partial charge in [-0.2, -0.15) is 5.10 Å². The Kier molecular flexibility index (Phi) is 4.23. The molecule has 0 aromatic carbocycles. The molecule has 1 N–H and O–H groups in total. The van der Waals surface area contributed by atoms with Gasteiger partial charge < -0.3 is 14.7 Å². The molecule has 1 fully saturated rings. The van der Waals surface area contributed by atoms with Crippen molar-refractivity contribution in [3.8, 4) is 0 Å². The number of hydrogen-bond donors (Lipinski definition) is 1. The van der Waals surface area contributed by atoms with Crippen molar-refractivity contribution in [2.24, 2.45) is 5.41 Å². The van der Waals surface area contributed by atoms with Gasteiger partial charge in [0.2, 0.25) is 0 Å². The largest absolute Gasteiger partial charge is 0.390 e. The van der Waals surface area contributed by atoms with Crippen LogP contribution in [0, 0.1) is 5.41 Å². The normalized spacial score (nSPS) is 30.2. The highest BCUT2D eigenvalue weighted by molar-refractivity contribution is 5.11. The summed E-state index contributed by atoms with van der Waals surface area (Å²) < 4.78 is 7.42. The van der Waals surface area contributed by atoms with Crippen molar-refractivity contribution in [1.82, 2.24) is 14.7 Å². The number of aliphatic hydroxyl groups excluding tert-OH is 1. The van der Waals surface area contributed by atoms with Gasteiger partial charge in [0.15, 0.2) is 0 Å². The minimum Gasteiger partial charge on any atom is -0.390 e. The highest BCUT2D eigenvalue weighted by Crippen LogP contribution is 2.53. The van der Waals surface area contributed by atoms with E-state index in [1.807, 2.05) is 12.3 Å². The summed E-state index contributed by atoms with van der Waals surface area (Å²) in [6.07, 6.45) is 4.19. The van der Waals surface area contributed by atoms with Crippen molar-refractivity contribution in [3.05, 3.63) is 18.5 Å². The maximum atomic E-state index is 10.2. The predicted molar refractivity (Wildman–Crippen MR) is 78.5 cm³/mol. The van der Waals surface area contributed by atoms with Crippen LogP contribution < -0.4 is 0 Å². The number of hydrogen-bond acceptors (Lipinski definition) is 4. The SMILES string of the molecule is COC1(C)CC(N(C)CC(O)Cn2cccn2)C1(C)C. The Morgan fingerprint density at radius 1 is 1.50 bits per heavy atom. The number of nitrogens with zero attached hydrogens (tertiary/aromatic N) is 3. The minimum absolute atomic E-state index is 0.0706. The molecule has 1 aliphatic carbocycles. The Bertz CT molecular complexity index is 432. The fourth-order valence-electron chi connectivity index (χ4n) is 3.30.